The zero-order chi connectivity index (χ0) is 40.0. The van der Waals surface area contributed by atoms with E-state index in [2.05, 4.69) is 34.1 Å². The van der Waals surface area contributed by atoms with Gasteiger partial charge in [0, 0.05) is 24.3 Å². The lowest BCUT2D eigenvalue weighted by Gasteiger charge is -2.38. The molecule has 0 radical (unpaired) electrons. The van der Waals surface area contributed by atoms with E-state index < -0.39 is 80.2 Å². The van der Waals surface area contributed by atoms with Gasteiger partial charge in [-0.2, -0.15) is 0 Å². The molecule has 6 aliphatic rings. The second-order valence-electron chi connectivity index (χ2n) is 17.8. The van der Waals surface area contributed by atoms with E-state index in [0.717, 1.165) is 61.6 Å². The molecular formula is C41H55N5O9S. The highest BCUT2D eigenvalue weighted by Gasteiger charge is 2.62. The number of carbonyl (C=O) groups is 5. The Kier molecular flexibility index (Phi) is 10.8. The maximum absolute atomic E-state index is 14.6. The van der Waals surface area contributed by atoms with Crippen molar-refractivity contribution in [2.45, 2.75) is 133 Å². The summed E-state index contributed by atoms with van der Waals surface area (Å²) in [5.74, 6) is -2.69. The van der Waals surface area contributed by atoms with Crippen LogP contribution in [0.5, 0.6) is 0 Å². The number of carbonyl (C=O) groups excluding carboxylic acids is 5. The number of hydrogen-bond acceptors (Lipinski definition) is 9. The lowest BCUT2D eigenvalue weighted by Crippen LogP contribution is -2.60. The monoisotopic (exact) mass is 793 g/mol. The van der Waals surface area contributed by atoms with Crippen LogP contribution in [0.1, 0.15) is 108 Å². The highest BCUT2D eigenvalue weighted by Crippen LogP contribution is 2.46. The number of nitrogens with one attached hydrogen (secondary N) is 3. The molecule has 304 valence electrons. The van der Waals surface area contributed by atoms with Gasteiger partial charge in [0.1, 0.15) is 23.7 Å². The van der Waals surface area contributed by atoms with Crippen LogP contribution in [-0.4, -0.2) is 90.3 Å². The summed E-state index contributed by atoms with van der Waals surface area (Å²) < 4.78 is 39.5. The number of nitrogens with zero attached hydrogens (tertiary/aromatic N) is 2. The first-order valence-electron chi connectivity index (χ1n) is 20.0. The summed E-state index contributed by atoms with van der Waals surface area (Å²) in [6.45, 7) is 9.91. The van der Waals surface area contributed by atoms with E-state index in [1.165, 1.54) is 11.0 Å². The Balaban J connectivity index is 1.18. The molecule has 7 rings (SSSR count). The van der Waals surface area contributed by atoms with Gasteiger partial charge >= 0.3 is 12.2 Å². The molecule has 4 bridgehead atoms. The molecule has 0 unspecified atom stereocenters. The number of allylic oxidation sites excluding steroid dienone is 1. The van der Waals surface area contributed by atoms with E-state index in [0.29, 0.717) is 25.9 Å². The van der Waals surface area contributed by atoms with Gasteiger partial charge in [-0.3, -0.25) is 24.0 Å². The zero-order valence-electron chi connectivity index (χ0n) is 32.6. The van der Waals surface area contributed by atoms with Crippen molar-refractivity contribution in [2.24, 2.45) is 16.7 Å². The summed E-state index contributed by atoms with van der Waals surface area (Å²) in [6.07, 6.45) is 11.1. The fourth-order valence-corrected chi connectivity index (χ4v) is 10.3. The average Bonchev–Trinajstić information content (AvgIpc) is 4.05. The molecule has 5 amide bonds. The number of sulfonamides is 1. The Morgan fingerprint density at radius 1 is 1.05 bits per heavy atom. The third kappa shape index (κ3) is 8.19. The SMILES string of the molecule is C=C[C@@H]1C[C@]1(NC(=O)[C@@H]1C[C@@H]2CN1C(=O)[C@H](C(C)(C)C)NC(=O)OCC1(CCC=Cc3cccc4c3CN(C4)C(=O)O2)CCCCC1)C(=O)NS(=O)(=O)C1CC1. The number of ether oxygens (including phenoxy) is 2. The van der Waals surface area contributed by atoms with Gasteiger partial charge < -0.3 is 25.0 Å². The molecule has 3 aliphatic carbocycles. The van der Waals surface area contributed by atoms with Crippen molar-refractivity contribution in [1.82, 2.24) is 25.2 Å². The molecule has 1 saturated heterocycles. The lowest BCUT2D eigenvalue weighted by molar-refractivity contribution is -0.143. The topological polar surface area (TPSA) is 181 Å². The fourth-order valence-electron chi connectivity index (χ4n) is 8.91. The summed E-state index contributed by atoms with van der Waals surface area (Å²) >= 11 is 0. The first-order chi connectivity index (χ1) is 26.5. The molecule has 15 heteroatoms. The Morgan fingerprint density at radius 3 is 2.48 bits per heavy atom. The summed E-state index contributed by atoms with van der Waals surface area (Å²) in [5.41, 5.74) is 0.450. The van der Waals surface area contributed by atoms with Crippen LogP contribution in [0.15, 0.2) is 36.9 Å². The van der Waals surface area contributed by atoms with Gasteiger partial charge in [-0.15, -0.1) is 6.58 Å². The number of amides is 5. The summed E-state index contributed by atoms with van der Waals surface area (Å²) in [6, 6.07) is 3.64. The molecule has 5 atom stereocenters. The van der Waals surface area contributed by atoms with Crippen molar-refractivity contribution in [1.29, 1.82) is 0 Å². The third-order valence-electron chi connectivity index (χ3n) is 12.6. The van der Waals surface area contributed by atoms with Crippen molar-refractivity contribution in [3.63, 3.8) is 0 Å². The van der Waals surface area contributed by atoms with Gasteiger partial charge in [0.15, 0.2) is 0 Å². The molecule has 1 spiro atoms. The molecule has 3 aliphatic heterocycles. The van der Waals surface area contributed by atoms with E-state index in [1.807, 2.05) is 18.2 Å². The predicted molar refractivity (Wildman–Crippen MR) is 207 cm³/mol. The van der Waals surface area contributed by atoms with E-state index in [9.17, 15) is 32.4 Å². The number of fused-ring (bicyclic) bond motifs is 3. The fraction of sp³-hybridized carbons (Fsp3) is 0.634. The normalized spacial score (nSPS) is 29.5. The summed E-state index contributed by atoms with van der Waals surface area (Å²) in [7, 11) is -3.92. The number of hydrogen-bond donors (Lipinski definition) is 3. The maximum Gasteiger partial charge on any atom is 0.410 e. The Hall–Kier alpha value is -4.40. The quantitative estimate of drug-likeness (QED) is 0.345. The van der Waals surface area contributed by atoms with Gasteiger partial charge in [-0.05, 0) is 67.1 Å². The van der Waals surface area contributed by atoms with Crippen LogP contribution in [-0.2, 0) is 47.0 Å². The van der Waals surface area contributed by atoms with Crippen molar-refractivity contribution in [3.05, 3.63) is 53.6 Å². The van der Waals surface area contributed by atoms with E-state index in [1.54, 1.807) is 25.7 Å². The molecule has 14 nitrogen and oxygen atoms in total. The van der Waals surface area contributed by atoms with Crippen LogP contribution in [0.2, 0.25) is 0 Å². The minimum Gasteiger partial charge on any atom is -0.449 e. The molecule has 3 N–H and O–H groups in total. The Morgan fingerprint density at radius 2 is 1.80 bits per heavy atom. The zero-order valence-corrected chi connectivity index (χ0v) is 33.5. The Labute approximate surface area is 329 Å². The average molecular weight is 794 g/mol. The highest BCUT2D eigenvalue weighted by atomic mass is 32.2. The van der Waals surface area contributed by atoms with Crippen molar-refractivity contribution >= 4 is 46.0 Å². The van der Waals surface area contributed by atoms with Crippen LogP contribution in [0, 0.1) is 16.7 Å². The van der Waals surface area contributed by atoms with Crippen molar-refractivity contribution in [2.75, 3.05) is 13.2 Å². The first-order valence-corrected chi connectivity index (χ1v) is 21.6. The van der Waals surface area contributed by atoms with Crippen LogP contribution >= 0.6 is 0 Å². The maximum atomic E-state index is 14.6. The van der Waals surface area contributed by atoms with Gasteiger partial charge in [0.05, 0.1) is 24.9 Å². The number of alkyl carbamates (subject to hydrolysis) is 1. The van der Waals surface area contributed by atoms with E-state index >= 15 is 0 Å². The third-order valence-corrected chi connectivity index (χ3v) is 14.4. The smallest absolute Gasteiger partial charge is 0.410 e. The van der Waals surface area contributed by atoms with Crippen LogP contribution in [0.25, 0.3) is 6.08 Å². The second kappa shape index (κ2) is 15.2. The van der Waals surface area contributed by atoms with Crippen LogP contribution < -0.4 is 15.4 Å². The lowest BCUT2D eigenvalue weighted by atomic mass is 9.71. The van der Waals surface area contributed by atoms with E-state index in [-0.39, 0.29) is 31.4 Å². The van der Waals surface area contributed by atoms with Gasteiger partial charge in [-0.1, -0.05) is 76.5 Å². The van der Waals surface area contributed by atoms with Gasteiger partial charge in [-0.25, -0.2) is 18.0 Å². The van der Waals surface area contributed by atoms with Gasteiger partial charge in [0.25, 0.3) is 5.91 Å². The first kappa shape index (κ1) is 39.8. The number of benzene rings is 1. The second-order valence-corrected chi connectivity index (χ2v) is 19.8. The molecule has 3 saturated carbocycles. The van der Waals surface area contributed by atoms with Crippen molar-refractivity contribution < 1.29 is 41.9 Å². The van der Waals surface area contributed by atoms with Crippen LogP contribution in [0.4, 0.5) is 9.59 Å². The van der Waals surface area contributed by atoms with Gasteiger partial charge in [0.2, 0.25) is 21.8 Å². The molecule has 1 aromatic rings. The summed E-state index contributed by atoms with van der Waals surface area (Å²) in [5, 5.41) is 4.93. The van der Waals surface area contributed by atoms with E-state index in [4.69, 9.17) is 9.47 Å². The minimum absolute atomic E-state index is 0.0846. The predicted octanol–water partition coefficient (Wildman–Crippen LogP) is 4.68. The standard InChI is InChI=1S/C41H55N5O9S/c1-5-28-21-41(28,36(49)44-56(52,53)30-15-16-30)43-34(47)32-20-29-23-46(32)35(48)33(39(2,3)4)42-37(50)54-25-40(17-8-6-9-18-40)19-10-7-12-26-13-11-14-27-22-45(24-31(26)27)38(51)55-29/h5,7,11-14,28-30,32-33H,1,6,8-10,15-25H2,2-4H3,(H,42,50)(H,43,47)(H,44,49)/t28-,29-,32+,33-,41-/m1/s1. The largest absolute Gasteiger partial charge is 0.449 e. The molecule has 0 aromatic heterocycles. The molecule has 1 aromatic carbocycles. The number of cyclic esters (lactones) is 1. The molecule has 3 heterocycles. The molecular weight excluding hydrogens is 739 g/mol. The number of rotatable bonds is 6. The molecule has 4 fully saturated rings. The minimum atomic E-state index is -3.92. The van der Waals surface area contributed by atoms with Crippen molar-refractivity contribution in [3.8, 4) is 0 Å². The summed E-state index contributed by atoms with van der Waals surface area (Å²) in [4.78, 5) is 72.7. The highest BCUT2D eigenvalue weighted by molar-refractivity contribution is 7.91. The molecule has 56 heavy (non-hydrogen) atoms. The van der Waals surface area contributed by atoms with Crippen LogP contribution in [0.3, 0.4) is 0 Å². The Bertz CT molecular complexity index is 1910.